The Morgan fingerprint density at radius 1 is 0.950 bits per heavy atom. The van der Waals surface area contributed by atoms with Crippen molar-refractivity contribution < 1.29 is 5.11 Å². The number of aromatic nitrogens is 4. The Labute approximate surface area is 117 Å². The number of nitrogens with zero attached hydrogens (tertiary/aromatic N) is 4. The fraction of sp³-hybridized carbons (Fsp3) is 0.200. The van der Waals surface area contributed by atoms with Gasteiger partial charge >= 0.3 is 0 Å². The van der Waals surface area contributed by atoms with Crippen LogP contribution in [0.3, 0.4) is 0 Å². The van der Waals surface area contributed by atoms with Crippen molar-refractivity contribution in [3.05, 3.63) is 65.7 Å². The predicted molar refractivity (Wildman–Crippen MR) is 75.6 cm³/mol. The molecular formula is C15H16N4O. The molecule has 0 aliphatic heterocycles. The first kappa shape index (κ1) is 12.5. The lowest BCUT2D eigenvalue weighted by Gasteiger charge is -2.19. The van der Waals surface area contributed by atoms with Crippen LogP contribution in [0.5, 0.6) is 5.75 Å². The summed E-state index contributed by atoms with van der Waals surface area (Å²) in [6.07, 6.45) is 7.17. The zero-order valence-electron chi connectivity index (χ0n) is 11.4. The Morgan fingerprint density at radius 3 is 1.95 bits per heavy atom. The molecule has 1 aromatic carbocycles. The second-order valence-corrected chi connectivity index (χ2v) is 4.93. The fourth-order valence-corrected chi connectivity index (χ4v) is 2.25. The van der Waals surface area contributed by atoms with E-state index in [1.54, 1.807) is 33.9 Å². The summed E-state index contributed by atoms with van der Waals surface area (Å²) in [6, 6.07) is 7.26. The summed E-state index contributed by atoms with van der Waals surface area (Å²) in [5, 5.41) is 18.9. The van der Waals surface area contributed by atoms with Gasteiger partial charge in [0, 0.05) is 18.0 Å². The second-order valence-electron chi connectivity index (χ2n) is 4.93. The first-order valence-electron chi connectivity index (χ1n) is 6.44. The molecule has 3 rings (SSSR count). The van der Waals surface area contributed by atoms with E-state index in [0.29, 0.717) is 0 Å². The number of hydrogen-bond donors (Lipinski definition) is 1. The van der Waals surface area contributed by atoms with Gasteiger partial charge in [-0.1, -0.05) is 18.2 Å². The first-order chi connectivity index (χ1) is 9.65. The molecule has 0 atom stereocenters. The third kappa shape index (κ3) is 2.18. The van der Waals surface area contributed by atoms with E-state index in [4.69, 9.17) is 0 Å². The highest BCUT2D eigenvalue weighted by Crippen LogP contribution is 2.27. The highest BCUT2D eigenvalue weighted by Gasteiger charge is 2.20. The first-order valence-corrected chi connectivity index (χ1v) is 6.44. The molecule has 0 saturated heterocycles. The summed E-state index contributed by atoms with van der Waals surface area (Å²) in [5.41, 5.74) is 2.89. The Kier molecular flexibility index (Phi) is 3.02. The smallest absolute Gasteiger partial charge is 0.172 e. The van der Waals surface area contributed by atoms with Crippen LogP contribution in [0.15, 0.2) is 49.1 Å². The van der Waals surface area contributed by atoms with Crippen molar-refractivity contribution in [2.24, 2.45) is 0 Å². The van der Waals surface area contributed by atoms with E-state index in [-0.39, 0.29) is 11.9 Å². The average Bonchev–Trinajstić information content (AvgIpc) is 3.02. The molecule has 0 aliphatic carbocycles. The van der Waals surface area contributed by atoms with E-state index in [1.165, 1.54) is 0 Å². The highest BCUT2D eigenvalue weighted by molar-refractivity contribution is 5.35. The van der Waals surface area contributed by atoms with E-state index in [9.17, 15) is 5.11 Å². The molecule has 5 heteroatoms. The van der Waals surface area contributed by atoms with Crippen molar-refractivity contribution in [3.63, 3.8) is 0 Å². The average molecular weight is 268 g/mol. The third-order valence-corrected chi connectivity index (χ3v) is 3.18. The van der Waals surface area contributed by atoms with Crippen LogP contribution in [-0.4, -0.2) is 24.7 Å². The normalized spacial score (nSPS) is 11.2. The largest absolute Gasteiger partial charge is 0.508 e. The number of para-hydroxylation sites is 1. The molecule has 1 N–H and O–H groups in total. The van der Waals surface area contributed by atoms with Crippen LogP contribution in [0, 0.1) is 13.8 Å². The van der Waals surface area contributed by atoms with Crippen LogP contribution >= 0.6 is 0 Å². The lowest BCUT2D eigenvalue weighted by molar-refractivity contribution is 0.391. The quantitative estimate of drug-likeness (QED) is 0.794. The van der Waals surface area contributed by atoms with E-state index < -0.39 is 0 Å². The maximum absolute atomic E-state index is 10.1. The van der Waals surface area contributed by atoms with Crippen LogP contribution in [0.25, 0.3) is 0 Å². The summed E-state index contributed by atoms with van der Waals surface area (Å²) in [5.74, 6) is 0.235. The molecule has 0 spiro atoms. The Balaban J connectivity index is 2.16. The van der Waals surface area contributed by atoms with Gasteiger partial charge < -0.3 is 5.11 Å². The van der Waals surface area contributed by atoms with Crippen molar-refractivity contribution in [1.29, 1.82) is 0 Å². The minimum atomic E-state index is -0.293. The van der Waals surface area contributed by atoms with Crippen molar-refractivity contribution in [3.8, 4) is 5.75 Å². The van der Waals surface area contributed by atoms with E-state index in [1.807, 2.05) is 38.4 Å². The fourth-order valence-electron chi connectivity index (χ4n) is 2.25. The van der Waals surface area contributed by atoms with Crippen LogP contribution in [0.4, 0.5) is 0 Å². The summed E-state index contributed by atoms with van der Waals surface area (Å²) < 4.78 is 3.60. The summed E-state index contributed by atoms with van der Waals surface area (Å²) in [7, 11) is 0. The minimum absolute atomic E-state index is 0.235. The van der Waals surface area contributed by atoms with Gasteiger partial charge in [0.1, 0.15) is 5.75 Å². The van der Waals surface area contributed by atoms with Crippen LogP contribution in [0.1, 0.15) is 22.9 Å². The van der Waals surface area contributed by atoms with Gasteiger partial charge in [0.25, 0.3) is 0 Å². The van der Waals surface area contributed by atoms with E-state index in [2.05, 4.69) is 10.2 Å². The standard InChI is InChI=1S/C15H16N4O/c1-11-7-16-18(9-11)15(19-10-12(2)8-17-19)13-5-3-4-6-14(13)20/h3-10,15,20H,1-2H3. The Morgan fingerprint density at radius 2 is 1.50 bits per heavy atom. The van der Waals surface area contributed by atoms with Crippen molar-refractivity contribution in [2.45, 2.75) is 20.0 Å². The van der Waals surface area contributed by atoms with E-state index in [0.717, 1.165) is 16.7 Å². The topological polar surface area (TPSA) is 55.9 Å². The van der Waals surface area contributed by atoms with Gasteiger partial charge in [0.05, 0.1) is 12.4 Å². The van der Waals surface area contributed by atoms with Gasteiger partial charge in [-0.2, -0.15) is 10.2 Å². The van der Waals surface area contributed by atoms with Crippen molar-refractivity contribution in [2.75, 3.05) is 0 Å². The van der Waals surface area contributed by atoms with Crippen molar-refractivity contribution in [1.82, 2.24) is 19.6 Å². The number of phenolic OH excluding ortho intramolecular Hbond substituents is 1. The third-order valence-electron chi connectivity index (χ3n) is 3.18. The van der Waals surface area contributed by atoms with Crippen molar-refractivity contribution >= 4 is 0 Å². The molecule has 0 bridgehead atoms. The van der Waals surface area contributed by atoms with Gasteiger partial charge in [-0.05, 0) is 31.0 Å². The van der Waals surface area contributed by atoms with Gasteiger partial charge in [-0.3, -0.25) is 0 Å². The van der Waals surface area contributed by atoms with E-state index >= 15 is 0 Å². The van der Waals surface area contributed by atoms with Crippen LogP contribution in [-0.2, 0) is 0 Å². The molecule has 0 radical (unpaired) electrons. The zero-order valence-corrected chi connectivity index (χ0v) is 11.4. The molecule has 3 aromatic rings. The number of aromatic hydroxyl groups is 1. The highest BCUT2D eigenvalue weighted by atomic mass is 16.3. The second kappa shape index (κ2) is 4.85. The van der Waals surface area contributed by atoms with Gasteiger partial charge in [0.15, 0.2) is 6.17 Å². The molecule has 0 fully saturated rings. The maximum atomic E-state index is 10.1. The molecule has 102 valence electrons. The van der Waals surface area contributed by atoms with Gasteiger partial charge in [-0.25, -0.2) is 9.36 Å². The monoisotopic (exact) mass is 268 g/mol. The molecule has 0 unspecified atom stereocenters. The molecule has 2 aromatic heterocycles. The molecule has 0 amide bonds. The molecular weight excluding hydrogens is 252 g/mol. The number of phenols is 1. The number of benzene rings is 1. The minimum Gasteiger partial charge on any atom is -0.508 e. The molecule has 5 nitrogen and oxygen atoms in total. The lowest BCUT2D eigenvalue weighted by atomic mass is 10.1. The van der Waals surface area contributed by atoms with Gasteiger partial charge in [-0.15, -0.1) is 0 Å². The number of rotatable bonds is 3. The molecule has 20 heavy (non-hydrogen) atoms. The number of hydrogen-bond acceptors (Lipinski definition) is 3. The summed E-state index contributed by atoms with van der Waals surface area (Å²) in [4.78, 5) is 0. The Bertz CT molecular complexity index is 689. The maximum Gasteiger partial charge on any atom is 0.172 e. The Hall–Kier alpha value is -2.56. The summed E-state index contributed by atoms with van der Waals surface area (Å²) in [6.45, 7) is 3.97. The zero-order chi connectivity index (χ0) is 14.1. The molecule has 0 saturated carbocycles. The van der Waals surface area contributed by atoms with Crippen LogP contribution < -0.4 is 0 Å². The van der Waals surface area contributed by atoms with Crippen LogP contribution in [0.2, 0.25) is 0 Å². The lowest BCUT2D eigenvalue weighted by Crippen LogP contribution is -2.20. The number of aryl methyl sites for hydroxylation is 2. The summed E-state index contributed by atoms with van der Waals surface area (Å²) >= 11 is 0. The SMILES string of the molecule is Cc1cnn(C(c2ccccc2O)n2cc(C)cn2)c1. The van der Waals surface area contributed by atoms with Gasteiger partial charge in [0.2, 0.25) is 0 Å². The molecule has 0 aliphatic rings. The predicted octanol–water partition coefficient (Wildman–Crippen LogP) is 2.50. The molecule has 2 heterocycles.